The van der Waals surface area contributed by atoms with E-state index < -0.39 is 25.4 Å². The Labute approximate surface area is 160 Å². The summed E-state index contributed by atoms with van der Waals surface area (Å²) >= 11 is 0. The summed E-state index contributed by atoms with van der Waals surface area (Å²) in [6.45, 7) is 11.5. The predicted octanol–water partition coefficient (Wildman–Crippen LogP) is 3.23. The Morgan fingerprint density at radius 1 is 1.48 bits per heavy atom. The maximum atomic E-state index is 11.3. The maximum Gasteiger partial charge on any atom is 0.405 e. The van der Waals surface area contributed by atoms with Gasteiger partial charge in [0.1, 0.15) is 11.9 Å². The number of hydrogen-bond acceptors (Lipinski definition) is 6. The fraction of sp³-hybridized carbons (Fsp3) is 0.647. The molecule has 9 nitrogen and oxygen atoms in total. The van der Waals surface area contributed by atoms with Crippen LogP contribution in [0.3, 0.4) is 0 Å². The summed E-state index contributed by atoms with van der Waals surface area (Å²) in [4.78, 5) is 27.8. The van der Waals surface area contributed by atoms with E-state index in [0.717, 1.165) is 0 Å². The van der Waals surface area contributed by atoms with Crippen LogP contribution in [-0.2, 0) is 4.43 Å². The van der Waals surface area contributed by atoms with Crippen LogP contribution in [0.15, 0.2) is 18.5 Å². The van der Waals surface area contributed by atoms with Crippen LogP contribution in [-0.4, -0.2) is 54.7 Å². The molecule has 1 saturated heterocycles. The Hall–Kier alpha value is -2.20. The van der Waals surface area contributed by atoms with Crippen LogP contribution in [0.4, 0.5) is 16.2 Å². The third-order valence-corrected chi connectivity index (χ3v) is 9.93. The van der Waals surface area contributed by atoms with Gasteiger partial charge in [-0.15, -0.1) is 0 Å². The number of nitrogens with one attached hydrogen (secondary N) is 1. The molecule has 1 amide bonds. The lowest BCUT2D eigenvalue weighted by molar-refractivity contribution is -0.384. The molecule has 1 fully saturated rings. The second-order valence-electron chi connectivity index (χ2n) is 8.33. The van der Waals surface area contributed by atoms with E-state index in [0.29, 0.717) is 25.2 Å². The molecule has 2 N–H and O–H groups in total. The van der Waals surface area contributed by atoms with Crippen molar-refractivity contribution in [1.82, 2.24) is 10.3 Å². The van der Waals surface area contributed by atoms with E-state index in [1.807, 2.05) is 4.90 Å². The van der Waals surface area contributed by atoms with Crippen molar-refractivity contribution in [1.29, 1.82) is 0 Å². The van der Waals surface area contributed by atoms with Crippen LogP contribution in [0.5, 0.6) is 0 Å². The molecule has 0 bridgehead atoms. The SMILES string of the molecule is CC(C)(C)[Si](C)(C)O[C@@H]1CCN(c2ccncc2[N+](=O)[O-])C[C@H]1NC(=O)O. The van der Waals surface area contributed by atoms with Crippen molar-refractivity contribution < 1.29 is 19.3 Å². The average Bonchev–Trinajstić information content (AvgIpc) is 2.54. The molecule has 1 aliphatic heterocycles. The second kappa shape index (κ2) is 7.81. The monoisotopic (exact) mass is 396 g/mol. The molecular formula is C17H28N4O5Si. The van der Waals surface area contributed by atoms with Crippen LogP contribution in [0, 0.1) is 10.1 Å². The number of amides is 1. The molecule has 150 valence electrons. The molecule has 0 aromatic carbocycles. The van der Waals surface area contributed by atoms with E-state index in [4.69, 9.17) is 4.43 Å². The third kappa shape index (κ3) is 4.95. The first-order chi connectivity index (χ1) is 12.4. The minimum Gasteiger partial charge on any atom is -0.465 e. The number of hydrogen-bond donors (Lipinski definition) is 2. The Kier molecular flexibility index (Phi) is 6.10. The summed E-state index contributed by atoms with van der Waals surface area (Å²) in [5, 5.41) is 23.1. The van der Waals surface area contributed by atoms with Gasteiger partial charge in [-0.25, -0.2) is 4.79 Å². The summed E-state index contributed by atoms with van der Waals surface area (Å²) in [6, 6.07) is 1.11. The topological polar surface area (TPSA) is 118 Å². The molecule has 0 radical (unpaired) electrons. The van der Waals surface area contributed by atoms with Crippen LogP contribution < -0.4 is 10.2 Å². The molecule has 27 heavy (non-hydrogen) atoms. The number of carboxylic acid groups (broad SMARTS) is 1. The minimum atomic E-state index is -2.08. The highest BCUT2D eigenvalue weighted by atomic mass is 28.4. The highest BCUT2D eigenvalue weighted by Gasteiger charge is 2.43. The van der Waals surface area contributed by atoms with Crippen molar-refractivity contribution in [2.75, 3.05) is 18.0 Å². The zero-order valence-electron chi connectivity index (χ0n) is 16.4. The first kappa shape index (κ1) is 21.1. The molecule has 10 heteroatoms. The molecule has 2 atom stereocenters. The first-order valence-electron chi connectivity index (χ1n) is 8.93. The molecule has 1 aliphatic rings. The number of piperidine rings is 1. The zero-order chi connectivity index (χ0) is 20.4. The summed E-state index contributed by atoms with van der Waals surface area (Å²) in [5.74, 6) is 0. The predicted molar refractivity (Wildman–Crippen MR) is 105 cm³/mol. The van der Waals surface area contributed by atoms with Gasteiger partial charge in [0, 0.05) is 19.3 Å². The molecule has 2 rings (SSSR count). The summed E-state index contributed by atoms with van der Waals surface area (Å²) in [7, 11) is -2.08. The van der Waals surface area contributed by atoms with E-state index >= 15 is 0 Å². The number of nitrogens with zero attached hydrogens (tertiary/aromatic N) is 3. The Morgan fingerprint density at radius 3 is 2.70 bits per heavy atom. The number of pyridine rings is 1. The molecule has 0 spiro atoms. The standard InChI is InChI=1S/C17H28N4O5Si/c1-17(2,3)27(4,5)26-15-7-9-20(11-12(15)19-16(22)23)13-6-8-18-10-14(13)21(24)25/h6,8,10,12,15,19H,7,9,11H2,1-5H3,(H,22,23)/t12-,15-/m1/s1. The fourth-order valence-electron chi connectivity index (χ4n) is 2.93. The number of aromatic nitrogens is 1. The highest BCUT2D eigenvalue weighted by molar-refractivity contribution is 6.74. The lowest BCUT2D eigenvalue weighted by Crippen LogP contribution is -2.59. The molecule has 1 aromatic heterocycles. The first-order valence-corrected chi connectivity index (χ1v) is 11.8. The van der Waals surface area contributed by atoms with Crippen molar-refractivity contribution in [3.8, 4) is 0 Å². The molecule has 2 heterocycles. The van der Waals surface area contributed by atoms with Crippen molar-refractivity contribution in [3.63, 3.8) is 0 Å². The minimum absolute atomic E-state index is 0.00178. The molecule has 0 saturated carbocycles. The number of anilines is 1. The van der Waals surface area contributed by atoms with Crippen LogP contribution in [0.2, 0.25) is 18.1 Å². The lowest BCUT2D eigenvalue weighted by Gasteiger charge is -2.45. The Balaban J connectivity index is 2.24. The molecule has 0 unspecified atom stereocenters. The van der Waals surface area contributed by atoms with Crippen LogP contribution in [0.1, 0.15) is 27.2 Å². The normalized spacial score (nSPS) is 21.0. The fourth-order valence-corrected chi connectivity index (χ4v) is 4.32. The maximum absolute atomic E-state index is 11.3. The number of carbonyl (C=O) groups is 1. The summed E-state index contributed by atoms with van der Waals surface area (Å²) in [5.41, 5.74) is 0.355. The van der Waals surface area contributed by atoms with Gasteiger partial charge in [0.25, 0.3) is 0 Å². The van der Waals surface area contributed by atoms with Crippen molar-refractivity contribution >= 4 is 25.8 Å². The smallest absolute Gasteiger partial charge is 0.405 e. The third-order valence-electron chi connectivity index (χ3n) is 5.43. The van der Waals surface area contributed by atoms with Gasteiger partial charge < -0.3 is 19.7 Å². The van der Waals surface area contributed by atoms with E-state index in [-0.39, 0.29) is 16.8 Å². The highest BCUT2D eigenvalue weighted by Crippen LogP contribution is 2.39. The van der Waals surface area contributed by atoms with Gasteiger partial charge in [0.05, 0.1) is 17.1 Å². The van der Waals surface area contributed by atoms with E-state index in [2.05, 4.69) is 44.2 Å². The van der Waals surface area contributed by atoms with Gasteiger partial charge in [-0.1, -0.05) is 20.8 Å². The van der Waals surface area contributed by atoms with E-state index in [1.54, 1.807) is 6.07 Å². The lowest BCUT2D eigenvalue weighted by atomic mass is 10.0. The van der Waals surface area contributed by atoms with Gasteiger partial charge in [-0.05, 0) is 30.6 Å². The summed E-state index contributed by atoms with van der Waals surface area (Å²) in [6.07, 6.45) is 1.90. The molecular weight excluding hydrogens is 368 g/mol. The van der Waals surface area contributed by atoms with Gasteiger partial charge in [-0.3, -0.25) is 15.1 Å². The van der Waals surface area contributed by atoms with Gasteiger partial charge in [-0.2, -0.15) is 0 Å². The van der Waals surface area contributed by atoms with Gasteiger partial charge in [0.15, 0.2) is 8.32 Å². The van der Waals surface area contributed by atoms with Crippen molar-refractivity contribution in [2.24, 2.45) is 0 Å². The largest absolute Gasteiger partial charge is 0.465 e. The van der Waals surface area contributed by atoms with Crippen molar-refractivity contribution in [2.45, 2.75) is 57.5 Å². The van der Waals surface area contributed by atoms with Gasteiger partial charge in [0.2, 0.25) is 0 Å². The molecule has 1 aromatic rings. The van der Waals surface area contributed by atoms with E-state index in [9.17, 15) is 20.0 Å². The zero-order valence-corrected chi connectivity index (χ0v) is 17.4. The Bertz CT molecular complexity index is 707. The number of rotatable bonds is 5. The molecule has 0 aliphatic carbocycles. The van der Waals surface area contributed by atoms with Gasteiger partial charge >= 0.3 is 11.8 Å². The number of nitro groups is 1. The van der Waals surface area contributed by atoms with Crippen LogP contribution in [0.25, 0.3) is 0 Å². The summed E-state index contributed by atoms with van der Waals surface area (Å²) < 4.78 is 6.46. The second-order valence-corrected chi connectivity index (χ2v) is 13.1. The quantitative estimate of drug-likeness (QED) is 0.445. The van der Waals surface area contributed by atoms with Crippen LogP contribution >= 0.6 is 0 Å². The van der Waals surface area contributed by atoms with E-state index in [1.165, 1.54) is 12.4 Å². The average molecular weight is 397 g/mol. The Morgan fingerprint density at radius 2 is 2.15 bits per heavy atom. The van der Waals surface area contributed by atoms with Crippen molar-refractivity contribution in [3.05, 3.63) is 28.6 Å².